The van der Waals surface area contributed by atoms with Crippen LogP contribution in [0.15, 0.2) is 4.99 Å². The first-order valence-corrected chi connectivity index (χ1v) is 7.35. The molecule has 102 valence electrons. The summed E-state index contributed by atoms with van der Waals surface area (Å²) in [6.07, 6.45) is 3.78. The lowest BCUT2D eigenvalue weighted by atomic mass is 10.1. The van der Waals surface area contributed by atoms with E-state index in [2.05, 4.69) is 48.2 Å². The first-order chi connectivity index (χ1) is 7.70. The first kappa shape index (κ1) is 17.4. The molecular formula is C12H26IN3S. The molecule has 1 aliphatic heterocycles. The van der Waals surface area contributed by atoms with Crippen molar-refractivity contribution in [2.24, 2.45) is 4.99 Å². The Hall–Kier alpha value is 0.350. The van der Waals surface area contributed by atoms with Crippen molar-refractivity contribution in [3.8, 4) is 0 Å². The van der Waals surface area contributed by atoms with Gasteiger partial charge in [0.1, 0.15) is 0 Å². The summed E-state index contributed by atoms with van der Waals surface area (Å²) in [5.74, 6) is 2.27. The van der Waals surface area contributed by atoms with Crippen LogP contribution in [0, 0.1) is 0 Å². The molecule has 17 heavy (non-hydrogen) atoms. The number of thioether (sulfide) groups is 1. The van der Waals surface area contributed by atoms with Crippen molar-refractivity contribution in [2.75, 3.05) is 25.4 Å². The fourth-order valence-electron chi connectivity index (χ4n) is 1.79. The average Bonchev–Trinajstić information content (AvgIpc) is 2.70. The molecule has 2 N–H and O–H groups in total. The number of nitrogens with zero attached hydrogens (tertiary/aromatic N) is 1. The Morgan fingerprint density at radius 3 is 2.65 bits per heavy atom. The molecule has 0 amide bonds. The molecule has 1 atom stereocenters. The van der Waals surface area contributed by atoms with E-state index < -0.39 is 0 Å². The third-order valence-electron chi connectivity index (χ3n) is 2.76. The molecule has 1 aliphatic rings. The van der Waals surface area contributed by atoms with E-state index in [0.29, 0.717) is 4.75 Å². The van der Waals surface area contributed by atoms with Gasteiger partial charge >= 0.3 is 0 Å². The van der Waals surface area contributed by atoms with Crippen molar-refractivity contribution < 1.29 is 0 Å². The second kappa shape index (κ2) is 9.30. The molecule has 1 unspecified atom stereocenters. The highest BCUT2D eigenvalue weighted by atomic mass is 127. The van der Waals surface area contributed by atoms with Gasteiger partial charge < -0.3 is 10.6 Å². The van der Waals surface area contributed by atoms with Crippen LogP contribution in [0.1, 0.15) is 40.0 Å². The zero-order valence-electron chi connectivity index (χ0n) is 11.2. The standard InChI is InChI=1S/C12H25N3S.HI/c1-4-8-14-11(13-5-2)15-10-12(3)7-6-9-16-12;/h4-10H2,1-3H3,(H2,13,14,15);1H. The summed E-state index contributed by atoms with van der Waals surface area (Å²) in [5, 5.41) is 6.63. The normalized spacial score (nSPS) is 24.3. The Labute approximate surface area is 127 Å². The van der Waals surface area contributed by atoms with E-state index in [0.717, 1.165) is 32.0 Å². The predicted octanol–water partition coefficient (Wildman–Crippen LogP) is 2.86. The first-order valence-electron chi connectivity index (χ1n) is 6.36. The number of halogens is 1. The summed E-state index contributed by atoms with van der Waals surface area (Å²) < 4.78 is 0.370. The zero-order valence-corrected chi connectivity index (χ0v) is 14.4. The molecule has 5 heteroatoms. The van der Waals surface area contributed by atoms with Crippen LogP contribution in [0.2, 0.25) is 0 Å². The van der Waals surface area contributed by atoms with E-state index in [1.165, 1.54) is 18.6 Å². The van der Waals surface area contributed by atoms with E-state index in [1.807, 2.05) is 0 Å². The molecule has 0 aliphatic carbocycles. The second-order valence-electron chi connectivity index (χ2n) is 4.52. The SMILES string of the molecule is CCCNC(=NCC1(C)CCCS1)NCC.I. The van der Waals surface area contributed by atoms with Crippen LogP contribution in [-0.4, -0.2) is 36.1 Å². The molecule has 0 spiro atoms. The van der Waals surface area contributed by atoms with Crippen LogP contribution in [-0.2, 0) is 0 Å². The summed E-state index contributed by atoms with van der Waals surface area (Å²) in [7, 11) is 0. The highest BCUT2D eigenvalue weighted by Crippen LogP contribution is 2.37. The quantitative estimate of drug-likeness (QED) is 0.443. The van der Waals surface area contributed by atoms with Gasteiger partial charge in [-0.05, 0) is 38.9 Å². The fourth-order valence-corrected chi connectivity index (χ4v) is 3.02. The van der Waals surface area contributed by atoms with Crippen LogP contribution in [0.3, 0.4) is 0 Å². The maximum Gasteiger partial charge on any atom is 0.191 e. The molecule has 1 rings (SSSR count). The third kappa shape index (κ3) is 6.74. The maximum absolute atomic E-state index is 4.68. The molecule has 3 nitrogen and oxygen atoms in total. The topological polar surface area (TPSA) is 36.4 Å². The van der Waals surface area contributed by atoms with Crippen LogP contribution in [0.4, 0.5) is 0 Å². The summed E-state index contributed by atoms with van der Waals surface area (Å²) in [5.41, 5.74) is 0. The summed E-state index contributed by atoms with van der Waals surface area (Å²) in [4.78, 5) is 4.68. The lowest BCUT2D eigenvalue weighted by Gasteiger charge is -2.20. The third-order valence-corrected chi connectivity index (χ3v) is 4.28. The summed E-state index contributed by atoms with van der Waals surface area (Å²) in [6.45, 7) is 9.46. The molecule has 1 fully saturated rings. The lowest BCUT2D eigenvalue weighted by Crippen LogP contribution is -2.38. The maximum atomic E-state index is 4.68. The van der Waals surface area contributed by atoms with Gasteiger partial charge in [0.15, 0.2) is 5.96 Å². The van der Waals surface area contributed by atoms with E-state index in [1.54, 1.807) is 0 Å². The minimum Gasteiger partial charge on any atom is -0.357 e. The van der Waals surface area contributed by atoms with Crippen molar-refractivity contribution in [1.82, 2.24) is 10.6 Å². The number of nitrogens with one attached hydrogen (secondary N) is 2. The highest BCUT2D eigenvalue weighted by Gasteiger charge is 2.29. The number of guanidine groups is 1. The van der Waals surface area contributed by atoms with Gasteiger partial charge in [0.25, 0.3) is 0 Å². The Morgan fingerprint density at radius 2 is 2.12 bits per heavy atom. The number of hydrogen-bond acceptors (Lipinski definition) is 2. The van der Waals surface area contributed by atoms with Gasteiger partial charge in [0.2, 0.25) is 0 Å². The largest absolute Gasteiger partial charge is 0.357 e. The Balaban J connectivity index is 0.00000256. The highest BCUT2D eigenvalue weighted by molar-refractivity contribution is 14.0. The van der Waals surface area contributed by atoms with Crippen LogP contribution in [0.25, 0.3) is 0 Å². The van der Waals surface area contributed by atoms with Crippen LogP contribution in [0.5, 0.6) is 0 Å². The Bertz CT molecular complexity index is 228. The van der Waals surface area contributed by atoms with Crippen molar-refractivity contribution in [2.45, 2.75) is 44.8 Å². The molecule has 0 aromatic heterocycles. The zero-order chi connectivity index (χ0) is 11.9. The lowest BCUT2D eigenvalue weighted by molar-refractivity contribution is 0.614. The average molecular weight is 371 g/mol. The molecule has 0 bridgehead atoms. The smallest absolute Gasteiger partial charge is 0.191 e. The molecule has 1 heterocycles. The second-order valence-corrected chi connectivity index (χ2v) is 6.21. The molecule has 0 saturated carbocycles. The van der Waals surface area contributed by atoms with Gasteiger partial charge in [-0.15, -0.1) is 24.0 Å². The monoisotopic (exact) mass is 371 g/mol. The Morgan fingerprint density at radius 1 is 1.35 bits per heavy atom. The predicted molar refractivity (Wildman–Crippen MR) is 89.8 cm³/mol. The van der Waals surface area contributed by atoms with Crippen molar-refractivity contribution in [1.29, 1.82) is 0 Å². The van der Waals surface area contributed by atoms with E-state index in [-0.39, 0.29) is 24.0 Å². The van der Waals surface area contributed by atoms with Gasteiger partial charge in [0, 0.05) is 17.8 Å². The molecule has 0 aromatic rings. The Kier molecular flexibility index (Phi) is 9.49. The minimum absolute atomic E-state index is 0. The number of rotatable bonds is 5. The number of hydrogen-bond donors (Lipinski definition) is 2. The van der Waals surface area contributed by atoms with E-state index in [9.17, 15) is 0 Å². The van der Waals surface area contributed by atoms with E-state index in [4.69, 9.17) is 0 Å². The van der Waals surface area contributed by atoms with Crippen LogP contribution >= 0.6 is 35.7 Å². The van der Waals surface area contributed by atoms with Crippen molar-refractivity contribution in [3.05, 3.63) is 0 Å². The minimum atomic E-state index is 0. The van der Waals surface area contributed by atoms with Crippen molar-refractivity contribution >= 4 is 41.7 Å². The molecular weight excluding hydrogens is 345 g/mol. The number of aliphatic imine (C=N–C) groups is 1. The van der Waals surface area contributed by atoms with Gasteiger partial charge in [0.05, 0.1) is 6.54 Å². The van der Waals surface area contributed by atoms with Crippen molar-refractivity contribution in [3.63, 3.8) is 0 Å². The van der Waals surface area contributed by atoms with Gasteiger partial charge in [-0.2, -0.15) is 11.8 Å². The summed E-state index contributed by atoms with van der Waals surface area (Å²) in [6, 6.07) is 0. The molecule has 0 aromatic carbocycles. The molecule has 1 saturated heterocycles. The fraction of sp³-hybridized carbons (Fsp3) is 0.917. The van der Waals surface area contributed by atoms with E-state index >= 15 is 0 Å². The van der Waals surface area contributed by atoms with Gasteiger partial charge in [-0.1, -0.05) is 6.92 Å². The summed E-state index contributed by atoms with van der Waals surface area (Å²) >= 11 is 2.07. The molecule has 0 radical (unpaired) electrons. The van der Waals surface area contributed by atoms with Crippen LogP contribution < -0.4 is 10.6 Å². The van der Waals surface area contributed by atoms with Gasteiger partial charge in [-0.25, -0.2) is 0 Å². The van der Waals surface area contributed by atoms with Gasteiger partial charge in [-0.3, -0.25) is 4.99 Å².